The third-order valence-corrected chi connectivity index (χ3v) is 3.81. The number of carbonyl (C=O) groups excluding carboxylic acids is 1. The van der Waals surface area contributed by atoms with Crippen molar-refractivity contribution in [2.75, 3.05) is 20.2 Å². The topological polar surface area (TPSA) is 49.8 Å². The molecule has 1 fully saturated rings. The van der Waals surface area contributed by atoms with Gasteiger partial charge < -0.3 is 14.7 Å². The number of hydrogen-bond acceptors (Lipinski definition) is 3. The average molecular weight is 263 g/mol. The molecule has 19 heavy (non-hydrogen) atoms. The average Bonchev–Trinajstić information content (AvgIpc) is 2.37. The van der Waals surface area contributed by atoms with Gasteiger partial charge in [0.1, 0.15) is 5.75 Å². The molecule has 1 aliphatic heterocycles. The van der Waals surface area contributed by atoms with Crippen molar-refractivity contribution in [1.29, 1.82) is 0 Å². The quantitative estimate of drug-likeness (QED) is 0.896. The minimum Gasteiger partial charge on any atom is -0.496 e. The summed E-state index contributed by atoms with van der Waals surface area (Å²) in [5.41, 5.74) is 1.34. The molecular weight excluding hydrogens is 242 g/mol. The Bertz CT molecular complexity index is 478. The molecule has 0 saturated carbocycles. The first-order valence-corrected chi connectivity index (χ1v) is 6.61. The number of aliphatic hydroxyl groups is 1. The third-order valence-electron chi connectivity index (χ3n) is 3.81. The van der Waals surface area contributed by atoms with E-state index in [0.717, 1.165) is 16.9 Å². The fraction of sp³-hybridized carbons (Fsp3) is 0.533. The highest BCUT2D eigenvalue weighted by atomic mass is 16.5. The van der Waals surface area contributed by atoms with E-state index in [2.05, 4.69) is 0 Å². The van der Waals surface area contributed by atoms with Gasteiger partial charge in [-0.25, -0.2) is 0 Å². The van der Waals surface area contributed by atoms with Gasteiger partial charge in [0.2, 0.25) is 5.91 Å². The van der Waals surface area contributed by atoms with Crippen molar-refractivity contribution >= 4 is 5.91 Å². The van der Waals surface area contributed by atoms with Crippen LogP contribution in [0, 0.1) is 6.92 Å². The van der Waals surface area contributed by atoms with E-state index in [0.29, 0.717) is 25.9 Å². The van der Waals surface area contributed by atoms with Crippen molar-refractivity contribution in [1.82, 2.24) is 4.90 Å². The van der Waals surface area contributed by atoms with Gasteiger partial charge in [-0.05, 0) is 30.5 Å². The van der Waals surface area contributed by atoms with E-state index in [1.54, 1.807) is 12.0 Å². The van der Waals surface area contributed by atoms with E-state index in [1.165, 1.54) is 0 Å². The normalized spacial score (nSPS) is 16.9. The van der Waals surface area contributed by atoms with Crippen LogP contribution < -0.4 is 4.74 Å². The summed E-state index contributed by atoms with van der Waals surface area (Å²) in [5.74, 6) is 0.864. The lowest BCUT2D eigenvalue weighted by atomic mass is 9.91. The maximum absolute atomic E-state index is 12.1. The van der Waals surface area contributed by atoms with Crippen molar-refractivity contribution in [3.05, 3.63) is 29.3 Å². The van der Waals surface area contributed by atoms with Crippen molar-refractivity contribution < 1.29 is 14.6 Å². The molecule has 0 aromatic heterocycles. The Morgan fingerprint density at radius 1 is 1.47 bits per heavy atom. The molecule has 1 heterocycles. The lowest BCUT2D eigenvalue weighted by Gasteiger charge is -2.46. The van der Waals surface area contributed by atoms with E-state index in [4.69, 9.17) is 4.74 Å². The Hall–Kier alpha value is -1.55. The zero-order valence-electron chi connectivity index (χ0n) is 11.8. The number of hydrogen-bond donors (Lipinski definition) is 1. The van der Waals surface area contributed by atoms with Crippen LogP contribution in [0.2, 0.25) is 0 Å². The largest absolute Gasteiger partial charge is 0.496 e. The highest BCUT2D eigenvalue weighted by Gasteiger charge is 2.41. The molecular formula is C15H21NO3. The Morgan fingerprint density at radius 3 is 2.74 bits per heavy atom. The summed E-state index contributed by atoms with van der Waals surface area (Å²) in [6.07, 6.45) is 1.05. The van der Waals surface area contributed by atoms with Crippen molar-refractivity contribution in [2.45, 2.75) is 32.3 Å². The number of methoxy groups -OCH3 is 1. The zero-order valence-corrected chi connectivity index (χ0v) is 11.8. The van der Waals surface area contributed by atoms with Crippen LogP contribution in [-0.2, 0) is 11.2 Å². The van der Waals surface area contributed by atoms with Crippen molar-refractivity contribution in [2.24, 2.45) is 0 Å². The van der Waals surface area contributed by atoms with Gasteiger partial charge in [0.25, 0.3) is 0 Å². The van der Waals surface area contributed by atoms with E-state index in [9.17, 15) is 9.90 Å². The zero-order chi connectivity index (χ0) is 14.0. The first-order valence-electron chi connectivity index (χ1n) is 6.61. The molecule has 0 spiro atoms. The number of ether oxygens (including phenoxy) is 1. The summed E-state index contributed by atoms with van der Waals surface area (Å²) in [6, 6.07) is 5.81. The number of likely N-dealkylation sites (tertiary alicyclic amines) is 1. The van der Waals surface area contributed by atoms with Crippen LogP contribution in [0.1, 0.15) is 24.5 Å². The van der Waals surface area contributed by atoms with Gasteiger partial charge in [-0.15, -0.1) is 0 Å². The van der Waals surface area contributed by atoms with Gasteiger partial charge in [0, 0.05) is 0 Å². The third kappa shape index (κ3) is 2.89. The smallest absolute Gasteiger partial charge is 0.227 e. The minimum atomic E-state index is -0.666. The molecule has 1 saturated heterocycles. The van der Waals surface area contributed by atoms with Crippen LogP contribution in [0.15, 0.2) is 18.2 Å². The Balaban J connectivity index is 1.97. The number of benzene rings is 1. The molecule has 4 nitrogen and oxygen atoms in total. The SMILES string of the molecule is CCC1(O)CN(C(=O)Cc2ccc(C)c(OC)c2)C1. The molecule has 4 heteroatoms. The van der Waals surface area contributed by atoms with E-state index >= 15 is 0 Å². The number of carbonyl (C=O) groups is 1. The minimum absolute atomic E-state index is 0.0593. The van der Waals surface area contributed by atoms with Crippen LogP contribution in [0.25, 0.3) is 0 Å². The van der Waals surface area contributed by atoms with Crippen LogP contribution in [0.3, 0.4) is 0 Å². The van der Waals surface area contributed by atoms with Gasteiger partial charge in [-0.1, -0.05) is 19.1 Å². The van der Waals surface area contributed by atoms with Gasteiger partial charge >= 0.3 is 0 Å². The predicted molar refractivity (Wildman–Crippen MR) is 73.3 cm³/mol. The number of amides is 1. The van der Waals surface area contributed by atoms with E-state index in [1.807, 2.05) is 32.0 Å². The van der Waals surface area contributed by atoms with Gasteiger partial charge in [-0.2, -0.15) is 0 Å². The molecule has 1 aromatic carbocycles. The summed E-state index contributed by atoms with van der Waals surface area (Å²) in [4.78, 5) is 13.8. The summed E-state index contributed by atoms with van der Waals surface area (Å²) in [6.45, 7) is 4.81. The van der Waals surface area contributed by atoms with Crippen LogP contribution >= 0.6 is 0 Å². The summed E-state index contributed by atoms with van der Waals surface area (Å²) in [5, 5.41) is 9.91. The molecule has 1 N–H and O–H groups in total. The molecule has 0 bridgehead atoms. The Labute approximate surface area is 114 Å². The summed E-state index contributed by atoms with van der Waals surface area (Å²) >= 11 is 0. The Morgan fingerprint density at radius 2 is 2.16 bits per heavy atom. The van der Waals surface area contributed by atoms with Crippen molar-refractivity contribution in [3.63, 3.8) is 0 Å². The van der Waals surface area contributed by atoms with Gasteiger partial charge in [0.05, 0.1) is 32.2 Å². The highest BCUT2D eigenvalue weighted by molar-refractivity contribution is 5.80. The molecule has 2 rings (SSSR count). The standard InChI is InChI=1S/C15H21NO3/c1-4-15(18)9-16(10-15)14(17)8-12-6-5-11(2)13(7-12)19-3/h5-7,18H,4,8-10H2,1-3H3. The van der Waals surface area contributed by atoms with Gasteiger partial charge in [0.15, 0.2) is 0 Å². The number of aryl methyl sites for hydroxylation is 1. The van der Waals surface area contributed by atoms with Crippen LogP contribution in [0.5, 0.6) is 5.75 Å². The lowest BCUT2D eigenvalue weighted by Crippen LogP contribution is -2.63. The van der Waals surface area contributed by atoms with E-state index in [-0.39, 0.29) is 5.91 Å². The molecule has 1 aliphatic rings. The first-order chi connectivity index (χ1) is 8.97. The monoisotopic (exact) mass is 263 g/mol. The predicted octanol–water partition coefficient (Wildman–Crippen LogP) is 1.53. The molecule has 0 unspecified atom stereocenters. The van der Waals surface area contributed by atoms with Crippen molar-refractivity contribution in [3.8, 4) is 5.75 Å². The summed E-state index contributed by atoms with van der Waals surface area (Å²) < 4.78 is 5.25. The highest BCUT2D eigenvalue weighted by Crippen LogP contribution is 2.25. The molecule has 1 amide bonds. The second kappa shape index (κ2) is 5.21. The molecule has 0 aliphatic carbocycles. The number of rotatable bonds is 4. The van der Waals surface area contributed by atoms with Crippen LogP contribution in [0.4, 0.5) is 0 Å². The molecule has 0 radical (unpaired) electrons. The number of nitrogens with zero attached hydrogens (tertiary/aromatic N) is 1. The molecule has 0 atom stereocenters. The Kier molecular flexibility index (Phi) is 3.80. The maximum atomic E-state index is 12.1. The first kappa shape index (κ1) is 13.9. The lowest BCUT2D eigenvalue weighted by molar-refractivity contribution is -0.155. The number of β-amino-alcohol motifs (C(OH)–C–C–N with tert-alkyl or cyclic N) is 1. The fourth-order valence-corrected chi connectivity index (χ4v) is 2.32. The van der Waals surface area contributed by atoms with E-state index < -0.39 is 5.60 Å². The second-order valence-electron chi connectivity index (χ2n) is 5.31. The maximum Gasteiger partial charge on any atom is 0.227 e. The second-order valence-corrected chi connectivity index (χ2v) is 5.31. The fourth-order valence-electron chi connectivity index (χ4n) is 2.32. The van der Waals surface area contributed by atoms with Gasteiger partial charge in [-0.3, -0.25) is 4.79 Å². The molecule has 104 valence electrons. The molecule has 1 aromatic rings. The summed E-state index contributed by atoms with van der Waals surface area (Å²) in [7, 11) is 1.63. The van der Waals surface area contributed by atoms with Crippen LogP contribution in [-0.4, -0.2) is 41.7 Å².